The van der Waals surface area contributed by atoms with Crippen molar-refractivity contribution in [2.45, 2.75) is 0 Å². The Morgan fingerprint density at radius 1 is 0.275 bits per heavy atom. The minimum absolute atomic E-state index is 1.12. The van der Waals surface area contributed by atoms with Gasteiger partial charge in [-0.1, -0.05) is 158 Å². The predicted octanol–water partition coefficient (Wildman–Crippen LogP) is 14.3. The lowest BCUT2D eigenvalue weighted by Gasteiger charge is -2.27. The molecular weight excluding hydrogens is 615 g/mol. The summed E-state index contributed by atoms with van der Waals surface area (Å²) >= 11 is 0. The van der Waals surface area contributed by atoms with Crippen molar-refractivity contribution in [3.63, 3.8) is 0 Å². The molecule has 0 aliphatic carbocycles. The number of nitrogens with zero attached hydrogens (tertiary/aromatic N) is 1. The van der Waals surface area contributed by atoms with Gasteiger partial charge in [-0.2, -0.15) is 0 Å². The highest BCUT2D eigenvalue weighted by Crippen LogP contribution is 2.44. The zero-order chi connectivity index (χ0) is 33.7. The van der Waals surface area contributed by atoms with Gasteiger partial charge in [0.15, 0.2) is 0 Å². The summed E-state index contributed by atoms with van der Waals surface area (Å²) in [6.45, 7) is 0. The van der Waals surface area contributed by atoms with Gasteiger partial charge in [0.25, 0.3) is 0 Å². The summed E-state index contributed by atoms with van der Waals surface area (Å²) in [5.74, 6) is 0. The SMILES string of the molecule is c1ccc(-c2cc3cc(-c4ccc(N(c5ccc6ccccc6c5)c5cccc6ccccc56)cc4)c4ccccc4c3c3ccccc23)cc1. The van der Waals surface area contributed by atoms with E-state index in [4.69, 9.17) is 0 Å². The lowest BCUT2D eigenvalue weighted by Crippen LogP contribution is -2.10. The zero-order valence-corrected chi connectivity index (χ0v) is 28.0. The average molecular weight is 648 g/mol. The first kappa shape index (κ1) is 29.2. The van der Waals surface area contributed by atoms with Gasteiger partial charge in [-0.3, -0.25) is 0 Å². The zero-order valence-electron chi connectivity index (χ0n) is 28.0. The molecule has 0 aromatic heterocycles. The van der Waals surface area contributed by atoms with Gasteiger partial charge in [-0.15, -0.1) is 0 Å². The van der Waals surface area contributed by atoms with E-state index < -0.39 is 0 Å². The Bertz CT molecular complexity index is 2900. The van der Waals surface area contributed by atoms with E-state index in [1.807, 2.05) is 0 Å². The second-order valence-electron chi connectivity index (χ2n) is 13.3. The molecule has 238 valence electrons. The molecule has 10 rings (SSSR count). The van der Waals surface area contributed by atoms with Crippen LogP contribution in [0.15, 0.2) is 200 Å². The van der Waals surface area contributed by atoms with Gasteiger partial charge in [0.1, 0.15) is 0 Å². The van der Waals surface area contributed by atoms with Gasteiger partial charge in [0.05, 0.1) is 5.69 Å². The summed E-state index contributed by atoms with van der Waals surface area (Å²) in [7, 11) is 0. The van der Waals surface area contributed by atoms with Crippen LogP contribution in [0, 0.1) is 0 Å². The van der Waals surface area contributed by atoms with Crippen LogP contribution in [0.4, 0.5) is 17.1 Å². The third-order valence-corrected chi connectivity index (χ3v) is 10.4. The first-order valence-corrected chi connectivity index (χ1v) is 17.6. The lowest BCUT2D eigenvalue weighted by molar-refractivity contribution is 1.30. The molecule has 0 heterocycles. The third-order valence-electron chi connectivity index (χ3n) is 10.4. The fraction of sp³-hybridized carbons (Fsp3) is 0. The quantitative estimate of drug-likeness (QED) is 0.168. The largest absolute Gasteiger partial charge is 0.310 e. The van der Waals surface area contributed by atoms with E-state index in [1.165, 1.54) is 76.1 Å². The fourth-order valence-electron chi connectivity index (χ4n) is 8.01. The normalized spacial score (nSPS) is 11.5. The summed E-state index contributed by atoms with van der Waals surface area (Å²) in [6.07, 6.45) is 0. The van der Waals surface area contributed by atoms with E-state index in [9.17, 15) is 0 Å². The van der Waals surface area contributed by atoms with E-state index in [0.29, 0.717) is 0 Å². The van der Waals surface area contributed by atoms with Crippen LogP contribution in [0.5, 0.6) is 0 Å². The highest BCUT2D eigenvalue weighted by Gasteiger charge is 2.18. The number of fused-ring (bicyclic) bond motifs is 7. The number of anilines is 3. The Morgan fingerprint density at radius 3 is 1.47 bits per heavy atom. The standard InChI is InChI=1S/C50H33N/c1-2-14-36(15-3-1)47-32-39-33-48(44-21-9-11-23-46(44)50(39)45-22-10-8-20-43(45)47)37-26-28-40(29-27-37)51(41-30-25-34-13-4-5-17-38(34)31-41)49-24-12-18-35-16-6-7-19-42(35)49/h1-33H. The molecule has 0 bridgehead atoms. The second kappa shape index (κ2) is 12.0. The monoisotopic (exact) mass is 647 g/mol. The van der Waals surface area contributed by atoms with Crippen LogP contribution in [-0.4, -0.2) is 0 Å². The maximum Gasteiger partial charge on any atom is 0.0540 e. The van der Waals surface area contributed by atoms with Crippen molar-refractivity contribution in [2.75, 3.05) is 4.90 Å². The van der Waals surface area contributed by atoms with Crippen LogP contribution < -0.4 is 4.90 Å². The second-order valence-corrected chi connectivity index (χ2v) is 13.3. The summed E-state index contributed by atoms with van der Waals surface area (Å²) in [5, 5.41) is 12.6. The molecule has 0 N–H and O–H groups in total. The van der Waals surface area contributed by atoms with Crippen molar-refractivity contribution in [1.29, 1.82) is 0 Å². The number of hydrogen-bond acceptors (Lipinski definition) is 1. The van der Waals surface area contributed by atoms with Crippen molar-refractivity contribution in [1.82, 2.24) is 0 Å². The molecule has 0 aliphatic rings. The van der Waals surface area contributed by atoms with Crippen LogP contribution in [0.25, 0.3) is 76.1 Å². The van der Waals surface area contributed by atoms with Crippen LogP contribution in [0.1, 0.15) is 0 Å². The van der Waals surface area contributed by atoms with Crippen LogP contribution in [0.2, 0.25) is 0 Å². The highest BCUT2D eigenvalue weighted by atomic mass is 15.1. The maximum atomic E-state index is 2.40. The number of rotatable bonds is 5. The molecule has 1 nitrogen and oxygen atoms in total. The Labute approximate surface area is 297 Å². The van der Waals surface area contributed by atoms with E-state index in [-0.39, 0.29) is 0 Å². The van der Waals surface area contributed by atoms with Crippen LogP contribution >= 0.6 is 0 Å². The van der Waals surface area contributed by atoms with Gasteiger partial charge in [0.2, 0.25) is 0 Å². The molecule has 0 radical (unpaired) electrons. The molecule has 51 heavy (non-hydrogen) atoms. The summed E-state index contributed by atoms with van der Waals surface area (Å²) in [5.41, 5.74) is 8.34. The van der Waals surface area contributed by atoms with Gasteiger partial charge in [-0.25, -0.2) is 0 Å². The summed E-state index contributed by atoms with van der Waals surface area (Å²) in [6, 6.07) is 73.0. The molecule has 0 aliphatic heterocycles. The fourth-order valence-corrected chi connectivity index (χ4v) is 8.01. The molecule has 0 saturated heterocycles. The molecule has 1 heteroatoms. The maximum absolute atomic E-state index is 2.40. The van der Waals surface area contributed by atoms with Crippen LogP contribution in [0.3, 0.4) is 0 Å². The average Bonchev–Trinajstić information content (AvgIpc) is 3.21. The number of hydrogen-bond donors (Lipinski definition) is 0. The third kappa shape index (κ3) is 4.94. The number of benzene rings is 10. The molecule has 0 atom stereocenters. The molecule has 0 saturated carbocycles. The minimum Gasteiger partial charge on any atom is -0.310 e. The van der Waals surface area contributed by atoms with E-state index in [1.54, 1.807) is 0 Å². The molecule has 0 unspecified atom stereocenters. The lowest BCUT2D eigenvalue weighted by atomic mass is 9.87. The molecular formula is C50H33N. The Morgan fingerprint density at radius 2 is 0.784 bits per heavy atom. The highest BCUT2D eigenvalue weighted by molar-refractivity contribution is 6.25. The smallest absolute Gasteiger partial charge is 0.0540 e. The summed E-state index contributed by atoms with van der Waals surface area (Å²) < 4.78 is 0. The van der Waals surface area contributed by atoms with E-state index >= 15 is 0 Å². The molecule has 0 amide bonds. The molecule has 10 aromatic carbocycles. The van der Waals surface area contributed by atoms with Crippen molar-refractivity contribution in [3.05, 3.63) is 200 Å². The van der Waals surface area contributed by atoms with Crippen molar-refractivity contribution in [2.24, 2.45) is 0 Å². The van der Waals surface area contributed by atoms with E-state index in [0.717, 1.165) is 17.1 Å². The first-order chi connectivity index (χ1) is 25.3. The predicted molar refractivity (Wildman–Crippen MR) is 220 cm³/mol. The van der Waals surface area contributed by atoms with Gasteiger partial charge in [0, 0.05) is 16.8 Å². The van der Waals surface area contributed by atoms with Gasteiger partial charge < -0.3 is 4.90 Å². The Hall–Kier alpha value is -6.70. The van der Waals surface area contributed by atoms with Crippen molar-refractivity contribution >= 4 is 70.9 Å². The van der Waals surface area contributed by atoms with Crippen molar-refractivity contribution in [3.8, 4) is 22.3 Å². The molecule has 0 fully saturated rings. The first-order valence-electron chi connectivity index (χ1n) is 17.6. The van der Waals surface area contributed by atoms with Crippen LogP contribution in [-0.2, 0) is 0 Å². The topological polar surface area (TPSA) is 3.24 Å². The molecule has 10 aromatic rings. The van der Waals surface area contributed by atoms with E-state index in [2.05, 4.69) is 205 Å². The minimum atomic E-state index is 1.12. The Kier molecular flexibility index (Phi) is 6.89. The van der Waals surface area contributed by atoms with Crippen molar-refractivity contribution < 1.29 is 0 Å². The van der Waals surface area contributed by atoms with Gasteiger partial charge in [-0.05, 0) is 113 Å². The van der Waals surface area contributed by atoms with Gasteiger partial charge >= 0.3 is 0 Å². The molecule has 0 spiro atoms. The summed E-state index contributed by atoms with van der Waals surface area (Å²) in [4.78, 5) is 2.40. The Balaban J connectivity index is 1.17.